The predicted molar refractivity (Wildman–Crippen MR) is 189 cm³/mol. The minimum absolute atomic E-state index is 0.00419. The van der Waals surface area contributed by atoms with Gasteiger partial charge in [-0.3, -0.25) is 4.79 Å². The molecule has 9 unspecified atom stereocenters. The summed E-state index contributed by atoms with van der Waals surface area (Å²) in [6.07, 6.45) is 12.5. The second-order valence-corrected chi connectivity index (χ2v) is 32.4. The van der Waals surface area contributed by atoms with E-state index in [1.54, 1.807) is 0 Å². The first-order valence-corrected chi connectivity index (χ1v) is 28.1. The molecule has 0 aromatic carbocycles. The summed E-state index contributed by atoms with van der Waals surface area (Å²) >= 11 is 0. The van der Waals surface area contributed by atoms with E-state index in [0.717, 1.165) is 31.6 Å². The number of allylic oxidation sites excluding steroid dienone is 1. The largest absolute Gasteiger partial charge is 0.412 e. The molecular weight excluding hydrogens is 581 g/mol. The summed E-state index contributed by atoms with van der Waals surface area (Å²) in [4.78, 5) is 14.4. The summed E-state index contributed by atoms with van der Waals surface area (Å²) in [6.45, 7) is 33.0. The molecular formula is C36H68O4Si3. The lowest BCUT2D eigenvalue weighted by Crippen LogP contribution is -2.64. The molecule has 43 heavy (non-hydrogen) atoms. The Kier molecular flexibility index (Phi) is 10.1. The molecule has 7 heteroatoms. The molecule has 0 amide bonds. The van der Waals surface area contributed by atoms with Crippen molar-refractivity contribution in [1.29, 1.82) is 0 Å². The first kappa shape index (κ1) is 35.8. The van der Waals surface area contributed by atoms with Gasteiger partial charge in [-0.2, -0.15) is 0 Å². The molecule has 3 saturated carbocycles. The minimum Gasteiger partial charge on any atom is -0.412 e. The number of fused-ring (bicyclic) bond motifs is 5. The highest BCUT2D eigenvalue weighted by atomic mass is 28.4. The Hall–Kier alpha value is -0.0594. The molecule has 0 bridgehead atoms. The van der Waals surface area contributed by atoms with Gasteiger partial charge in [0, 0.05) is 11.3 Å². The molecule has 0 heterocycles. The predicted octanol–water partition coefficient (Wildman–Crippen LogP) is 10.2. The van der Waals surface area contributed by atoms with Gasteiger partial charge in [0.2, 0.25) is 0 Å². The number of hydrogen-bond donors (Lipinski definition) is 0. The lowest BCUT2D eigenvalue weighted by atomic mass is 9.46. The van der Waals surface area contributed by atoms with E-state index < -0.39 is 25.0 Å². The van der Waals surface area contributed by atoms with Crippen LogP contribution in [0.1, 0.15) is 92.4 Å². The monoisotopic (exact) mass is 648 g/mol. The first-order chi connectivity index (χ1) is 19.5. The van der Waals surface area contributed by atoms with Gasteiger partial charge in [0.25, 0.3) is 0 Å². The van der Waals surface area contributed by atoms with Gasteiger partial charge in [-0.1, -0.05) is 53.9 Å². The van der Waals surface area contributed by atoms with Crippen LogP contribution in [0.3, 0.4) is 0 Å². The minimum atomic E-state index is -1.93. The van der Waals surface area contributed by atoms with Gasteiger partial charge in [0.05, 0.1) is 17.8 Å². The summed E-state index contributed by atoms with van der Waals surface area (Å²) in [5, 5.41) is 0. The van der Waals surface area contributed by atoms with E-state index >= 15 is 0 Å². The van der Waals surface area contributed by atoms with E-state index in [-0.39, 0.29) is 34.6 Å². The average Bonchev–Trinajstić information content (AvgIpc) is 3.10. The molecule has 0 aromatic rings. The Bertz CT molecular complexity index is 1050. The van der Waals surface area contributed by atoms with Gasteiger partial charge in [-0.25, -0.2) is 0 Å². The van der Waals surface area contributed by atoms with Crippen LogP contribution in [-0.2, 0) is 18.1 Å². The highest BCUT2D eigenvalue weighted by Gasteiger charge is 2.68. The van der Waals surface area contributed by atoms with E-state index in [2.05, 4.69) is 99.6 Å². The number of carbonyl (C=O) groups is 1. The van der Waals surface area contributed by atoms with Crippen molar-refractivity contribution in [2.45, 2.75) is 169 Å². The van der Waals surface area contributed by atoms with Crippen LogP contribution in [0.4, 0.5) is 0 Å². The number of carbonyl (C=O) groups excluding carboxylic acids is 1. The van der Waals surface area contributed by atoms with Crippen molar-refractivity contribution < 1.29 is 18.1 Å². The fourth-order valence-electron chi connectivity index (χ4n) is 10.2. The van der Waals surface area contributed by atoms with Crippen LogP contribution < -0.4 is 0 Å². The zero-order valence-electron chi connectivity index (χ0n) is 30.6. The Morgan fingerprint density at radius 3 is 1.98 bits per heavy atom. The molecule has 9 atom stereocenters. The van der Waals surface area contributed by atoms with Crippen molar-refractivity contribution in [3.05, 3.63) is 11.6 Å². The third kappa shape index (κ3) is 7.27. The van der Waals surface area contributed by atoms with Crippen LogP contribution in [0, 0.1) is 40.4 Å². The van der Waals surface area contributed by atoms with Crippen LogP contribution in [0.5, 0.6) is 0 Å². The molecule has 0 aliphatic heterocycles. The number of hydrogen-bond acceptors (Lipinski definition) is 4. The standard InChI is InChI=1S/C36H68O4Si3/c1-25(2)16-15-17-26(3)27-19-21-36(40-43(12,13)14)29-22-31(37)30-23-32(38-41(6,7)8)33(39-42(9,10)11)24-34(30,4)28(29)18-20-35(27,36)5/h22,25-28,30,32-33H,15-21,23-24H2,1-14H3. The summed E-state index contributed by atoms with van der Waals surface area (Å²) in [6, 6.07) is 0. The molecule has 0 radical (unpaired) electrons. The Morgan fingerprint density at radius 1 is 0.814 bits per heavy atom. The van der Waals surface area contributed by atoms with Gasteiger partial charge >= 0.3 is 0 Å². The fourth-order valence-corrected chi connectivity index (χ4v) is 14.0. The molecule has 4 nitrogen and oxygen atoms in total. The van der Waals surface area contributed by atoms with Crippen molar-refractivity contribution in [3.63, 3.8) is 0 Å². The van der Waals surface area contributed by atoms with Crippen LogP contribution in [0.25, 0.3) is 0 Å². The molecule has 0 aromatic heterocycles. The molecule has 4 aliphatic carbocycles. The van der Waals surface area contributed by atoms with Crippen LogP contribution in [-0.4, -0.2) is 48.5 Å². The van der Waals surface area contributed by atoms with Crippen LogP contribution in [0.15, 0.2) is 11.6 Å². The second-order valence-electron chi connectivity index (χ2n) is 19.0. The van der Waals surface area contributed by atoms with Gasteiger partial charge in [0.1, 0.15) is 0 Å². The van der Waals surface area contributed by atoms with E-state index in [1.165, 1.54) is 37.7 Å². The van der Waals surface area contributed by atoms with Crippen molar-refractivity contribution in [2.24, 2.45) is 40.4 Å². The topological polar surface area (TPSA) is 44.8 Å². The highest BCUT2D eigenvalue weighted by molar-refractivity contribution is 6.70. The van der Waals surface area contributed by atoms with Crippen molar-refractivity contribution in [1.82, 2.24) is 0 Å². The summed E-state index contributed by atoms with van der Waals surface area (Å²) in [5.41, 5.74) is 1.01. The smallest absolute Gasteiger partial charge is 0.184 e. The fraction of sp³-hybridized carbons (Fsp3) is 0.917. The van der Waals surface area contributed by atoms with E-state index in [1.807, 2.05) is 0 Å². The Labute approximate surface area is 269 Å². The SMILES string of the molecule is CC(C)CCCC(C)C1CCC2(O[Si](C)(C)C)C3=CC(=O)C4CC(O[Si](C)(C)C)C(O[Si](C)(C)C)CC4(C)C3CCC12C. The summed E-state index contributed by atoms with van der Waals surface area (Å²) in [5.74, 6) is 2.80. The summed E-state index contributed by atoms with van der Waals surface area (Å²) < 4.78 is 21.3. The second kappa shape index (κ2) is 12.2. The van der Waals surface area contributed by atoms with Crippen molar-refractivity contribution >= 4 is 30.7 Å². The van der Waals surface area contributed by atoms with E-state index in [4.69, 9.17) is 13.3 Å². The van der Waals surface area contributed by atoms with Crippen molar-refractivity contribution in [3.8, 4) is 0 Å². The third-order valence-corrected chi connectivity index (χ3v) is 14.7. The lowest BCUT2D eigenvalue weighted by molar-refractivity contribution is -0.148. The van der Waals surface area contributed by atoms with Gasteiger partial charge in [-0.15, -0.1) is 0 Å². The summed E-state index contributed by atoms with van der Waals surface area (Å²) in [7, 11) is -5.55. The number of ketones is 1. The molecule has 0 saturated heterocycles. The molecule has 3 fully saturated rings. The Morgan fingerprint density at radius 2 is 1.42 bits per heavy atom. The Balaban J connectivity index is 1.75. The maximum Gasteiger partial charge on any atom is 0.184 e. The van der Waals surface area contributed by atoms with Crippen LogP contribution >= 0.6 is 0 Å². The lowest BCUT2D eigenvalue weighted by Gasteiger charge is -2.63. The normalized spacial score (nSPS) is 39.3. The van der Waals surface area contributed by atoms with E-state index in [0.29, 0.717) is 23.5 Å². The third-order valence-electron chi connectivity index (χ3n) is 11.7. The molecule has 4 rings (SSSR count). The van der Waals surface area contributed by atoms with E-state index in [9.17, 15) is 4.79 Å². The molecule has 0 N–H and O–H groups in total. The average molecular weight is 649 g/mol. The van der Waals surface area contributed by atoms with Gasteiger partial charge < -0.3 is 13.3 Å². The van der Waals surface area contributed by atoms with Gasteiger partial charge in [-0.05, 0) is 138 Å². The first-order valence-electron chi connectivity index (χ1n) is 17.8. The zero-order chi connectivity index (χ0) is 32.4. The highest BCUT2D eigenvalue weighted by Crippen LogP contribution is 2.70. The zero-order valence-corrected chi connectivity index (χ0v) is 33.6. The molecule has 0 spiro atoms. The maximum absolute atomic E-state index is 14.4. The van der Waals surface area contributed by atoms with Crippen molar-refractivity contribution in [2.75, 3.05) is 0 Å². The quantitative estimate of drug-likeness (QED) is 0.209. The molecule has 248 valence electrons. The molecule has 4 aliphatic rings. The number of rotatable bonds is 11. The maximum atomic E-state index is 14.4. The van der Waals surface area contributed by atoms with Crippen LogP contribution in [0.2, 0.25) is 58.9 Å². The van der Waals surface area contributed by atoms with Gasteiger partial charge in [0.15, 0.2) is 30.7 Å².